The fraction of sp³-hybridized carbons (Fsp3) is 0.524. The molecule has 0 aromatic heterocycles. The number of piperidine rings is 1. The van der Waals surface area contributed by atoms with E-state index in [2.05, 4.69) is 10.3 Å². The van der Waals surface area contributed by atoms with Gasteiger partial charge in [0.05, 0.1) is 18.6 Å². The SMILES string of the molecule is NC(N)=[NH+]CCC[C@H](N[C@H]1Cc2ccccc2C2CCCC(C(=O)O)N2C1=O)C(=O)O. The highest BCUT2D eigenvalue weighted by molar-refractivity contribution is 5.89. The monoisotopic (exact) mass is 432 g/mol. The summed E-state index contributed by atoms with van der Waals surface area (Å²) in [5.41, 5.74) is 12.6. The molecule has 2 unspecified atom stereocenters. The standard InChI is InChI=1S/C21H29N5O5/c22-21(23)24-10-4-7-14(19(28)29)25-15-11-12-5-1-2-6-13(12)16-8-3-9-17(20(30)31)26(16)18(15)27/h1-2,5-6,14-17,25H,3-4,7-11H2,(H,28,29)(H,30,31)(H4,22,23,24)/p+1/t14-,15-,16?,17?/m0/s1. The number of guanidine groups is 1. The average molecular weight is 433 g/mol. The Hall–Kier alpha value is -3.14. The van der Waals surface area contributed by atoms with Crippen molar-refractivity contribution in [3.63, 3.8) is 0 Å². The molecule has 0 saturated carbocycles. The van der Waals surface area contributed by atoms with Crippen LogP contribution in [-0.4, -0.2) is 63.6 Å². The molecule has 1 fully saturated rings. The van der Waals surface area contributed by atoms with Gasteiger partial charge in [-0.25, -0.2) is 4.79 Å². The van der Waals surface area contributed by atoms with Gasteiger partial charge in [-0.3, -0.25) is 31.4 Å². The highest BCUT2D eigenvalue weighted by Gasteiger charge is 2.44. The van der Waals surface area contributed by atoms with E-state index in [-0.39, 0.29) is 24.3 Å². The Morgan fingerprint density at radius 2 is 1.97 bits per heavy atom. The van der Waals surface area contributed by atoms with Gasteiger partial charge in [0.15, 0.2) is 0 Å². The van der Waals surface area contributed by atoms with E-state index in [4.69, 9.17) is 11.5 Å². The fourth-order valence-electron chi connectivity index (χ4n) is 4.58. The third kappa shape index (κ3) is 5.13. The van der Waals surface area contributed by atoms with Crippen LogP contribution in [0.5, 0.6) is 0 Å². The van der Waals surface area contributed by atoms with E-state index in [1.54, 1.807) is 0 Å². The maximum Gasteiger partial charge on any atom is 0.338 e. The molecule has 168 valence electrons. The van der Waals surface area contributed by atoms with Gasteiger partial charge in [-0.1, -0.05) is 24.3 Å². The van der Waals surface area contributed by atoms with Crippen LogP contribution in [0.1, 0.15) is 49.3 Å². The molecule has 2 aliphatic heterocycles. The smallest absolute Gasteiger partial charge is 0.338 e. The number of nitrogens with zero attached hydrogens (tertiary/aromatic N) is 1. The van der Waals surface area contributed by atoms with Crippen molar-refractivity contribution in [3.05, 3.63) is 35.4 Å². The van der Waals surface area contributed by atoms with E-state index >= 15 is 0 Å². The van der Waals surface area contributed by atoms with Crippen molar-refractivity contribution in [1.82, 2.24) is 10.2 Å². The highest BCUT2D eigenvalue weighted by Crippen LogP contribution is 2.39. The number of fused-ring (bicyclic) bond motifs is 3. The lowest BCUT2D eigenvalue weighted by Crippen LogP contribution is -2.78. The number of carbonyl (C=O) groups is 3. The Morgan fingerprint density at radius 3 is 2.65 bits per heavy atom. The molecule has 1 aromatic carbocycles. The summed E-state index contributed by atoms with van der Waals surface area (Å²) >= 11 is 0. The second-order valence-electron chi connectivity index (χ2n) is 8.08. The summed E-state index contributed by atoms with van der Waals surface area (Å²) in [6.45, 7) is 0.407. The molecular weight excluding hydrogens is 402 g/mol. The van der Waals surface area contributed by atoms with E-state index in [0.29, 0.717) is 38.6 Å². The van der Waals surface area contributed by atoms with Crippen molar-refractivity contribution in [2.45, 2.75) is 62.7 Å². The van der Waals surface area contributed by atoms with Crippen LogP contribution in [0.3, 0.4) is 0 Å². The van der Waals surface area contributed by atoms with E-state index in [9.17, 15) is 24.6 Å². The lowest BCUT2D eigenvalue weighted by molar-refractivity contribution is -0.459. The zero-order valence-corrected chi connectivity index (χ0v) is 17.3. The van der Waals surface area contributed by atoms with Gasteiger partial charge in [0.2, 0.25) is 5.91 Å². The molecule has 10 heteroatoms. The van der Waals surface area contributed by atoms with Crippen LogP contribution in [0, 0.1) is 0 Å². The average Bonchev–Trinajstić information content (AvgIpc) is 2.85. The van der Waals surface area contributed by atoms with Gasteiger partial charge >= 0.3 is 17.9 Å². The number of carboxylic acids is 2. The normalized spacial score (nSPS) is 23.8. The van der Waals surface area contributed by atoms with E-state index in [1.807, 2.05) is 24.3 Å². The van der Waals surface area contributed by atoms with Crippen LogP contribution in [0.15, 0.2) is 24.3 Å². The number of benzene rings is 1. The molecule has 31 heavy (non-hydrogen) atoms. The molecule has 0 aliphatic carbocycles. The first-order chi connectivity index (χ1) is 14.8. The maximum absolute atomic E-state index is 13.5. The Bertz CT molecular complexity index is 869. The van der Waals surface area contributed by atoms with Gasteiger partial charge in [0, 0.05) is 0 Å². The topological polar surface area (TPSA) is 173 Å². The Balaban J connectivity index is 1.87. The zero-order chi connectivity index (χ0) is 22.5. The molecule has 2 heterocycles. The van der Waals surface area contributed by atoms with Gasteiger partial charge in [0.25, 0.3) is 0 Å². The minimum Gasteiger partial charge on any atom is -0.480 e. The van der Waals surface area contributed by atoms with Crippen molar-refractivity contribution >= 4 is 23.8 Å². The van der Waals surface area contributed by atoms with Crippen LogP contribution < -0.4 is 21.8 Å². The largest absolute Gasteiger partial charge is 0.480 e. The van der Waals surface area contributed by atoms with Crippen molar-refractivity contribution in [1.29, 1.82) is 0 Å². The number of nitrogens with one attached hydrogen (secondary N) is 2. The van der Waals surface area contributed by atoms with Crippen molar-refractivity contribution in [3.8, 4) is 0 Å². The predicted molar refractivity (Wildman–Crippen MR) is 112 cm³/mol. The van der Waals surface area contributed by atoms with Gasteiger partial charge in [-0.2, -0.15) is 0 Å². The van der Waals surface area contributed by atoms with Gasteiger partial charge < -0.3 is 15.1 Å². The quantitative estimate of drug-likeness (QED) is 0.160. The molecule has 1 aromatic rings. The molecule has 8 N–H and O–H groups in total. The summed E-state index contributed by atoms with van der Waals surface area (Å²) in [5.74, 6) is -2.41. The maximum atomic E-state index is 13.5. The second kappa shape index (κ2) is 9.78. The Kier molecular flexibility index (Phi) is 7.11. The third-order valence-electron chi connectivity index (χ3n) is 6.00. The molecule has 1 amide bonds. The number of carboxylic acid groups (broad SMARTS) is 2. The van der Waals surface area contributed by atoms with Crippen molar-refractivity contribution in [2.75, 3.05) is 6.54 Å². The first kappa shape index (κ1) is 22.5. The first-order valence-corrected chi connectivity index (χ1v) is 10.5. The van der Waals surface area contributed by atoms with Crippen LogP contribution >= 0.6 is 0 Å². The lowest BCUT2D eigenvalue weighted by atomic mass is 9.89. The molecule has 0 spiro atoms. The molecular formula is C21H30N5O5+. The van der Waals surface area contributed by atoms with E-state index < -0.39 is 30.1 Å². The molecule has 2 aliphatic rings. The summed E-state index contributed by atoms with van der Waals surface area (Å²) in [4.78, 5) is 41.4. The summed E-state index contributed by atoms with van der Waals surface area (Å²) in [5, 5.41) is 22.4. The van der Waals surface area contributed by atoms with Crippen molar-refractivity contribution in [2.24, 2.45) is 11.5 Å². The molecule has 0 radical (unpaired) electrons. The summed E-state index contributed by atoms with van der Waals surface area (Å²) in [7, 11) is 0. The lowest BCUT2D eigenvalue weighted by Gasteiger charge is -2.41. The van der Waals surface area contributed by atoms with Gasteiger partial charge in [-0.05, 0) is 49.7 Å². The number of hydrogen-bond donors (Lipinski definition) is 6. The molecule has 10 nitrogen and oxygen atoms in total. The third-order valence-corrected chi connectivity index (χ3v) is 6.00. The predicted octanol–water partition coefficient (Wildman–Crippen LogP) is -1.70. The summed E-state index contributed by atoms with van der Waals surface area (Å²) in [6.07, 6.45) is 2.82. The number of rotatable bonds is 8. The summed E-state index contributed by atoms with van der Waals surface area (Å²) in [6, 6.07) is 4.58. The summed E-state index contributed by atoms with van der Waals surface area (Å²) < 4.78 is 0. The van der Waals surface area contributed by atoms with Crippen LogP contribution in [0.4, 0.5) is 0 Å². The van der Waals surface area contributed by atoms with Gasteiger partial charge in [-0.15, -0.1) is 0 Å². The first-order valence-electron chi connectivity index (χ1n) is 10.5. The van der Waals surface area contributed by atoms with Crippen molar-refractivity contribution < 1.29 is 29.6 Å². The zero-order valence-electron chi connectivity index (χ0n) is 17.3. The number of amides is 1. The van der Waals surface area contributed by atoms with E-state index in [0.717, 1.165) is 11.1 Å². The number of nitrogens with two attached hydrogens (primary N) is 2. The number of carbonyl (C=O) groups excluding carboxylic acids is 1. The molecule has 4 atom stereocenters. The van der Waals surface area contributed by atoms with Crippen LogP contribution in [-0.2, 0) is 20.8 Å². The Labute approximate surface area is 180 Å². The molecule has 3 rings (SSSR count). The highest BCUT2D eigenvalue weighted by atomic mass is 16.4. The number of hydrogen-bond acceptors (Lipinski definition) is 4. The minimum atomic E-state index is -1.07. The second-order valence-corrected chi connectivity index (χ2v) is 8.08. The fourth-order valence-corrected chi connectivity index (χ4v) is 4.58. The van der Waals surface area contributed by atoms with Crippen LogP contribution in [0.25, 0.3) is 0 Å². The molecule has 0 bridgehead atoms. The van der Waals surface area contributed by atoms with Crippen LogP contribution in [0.2, 0.25) is 0 Å². The number of aliphatic carboxylic acids is 2. The Morgan fingerprint density at radius 1 is 1.23 bits per heavy atom. The molecule has 1 saturated heterocycles. The van der Waals surface area contributed by atoms with Gasteiger partial charge in [0.1, 0.15) is 12.1 Å². The minimum absolute atomic E-state index is 0.0613. The van der Waals surface area contributed by atoms with E-state index in [1.165, 1.54) is 4.90 Å².